The van der Waals surface area contributed by atoms with Gasteiger partial charge in [-0.25, -0.2) is 21.6 Å². The first kappa shape index (κ1) is 19.7. The molecule has 132 valence electrons. The van der Waals surface area contributed by atoms with Gasteiger partial charge in [0.25, 0.3) is 0 Å². The summed E-state index contributed by atoms with van der Waals surface area (Å²) in [7, 11) is -7.60. The van der Waals surface area contributed by atoms with Crippen molar-refractivity contribution >= 4 is 25.7 Å². The molecule has 6 nitrogen and oxygen atoms in total. The van der Waals surface area contributed by atoms with Crippen molar-refractivity contribution in [3.05, 3.63) is 29.8 Å². The van der Waals surface area contributed by atoms with Crippen LogP contribution in [0.5, 0.6) is 0 Å². The molecule has 0 heterocycles. The zero-order valence-electron chi connectivity index (χ0n) is 12.5. The smallest absolute Gasteiger partial charge is 0.269 e. The molecule has 0 aliphatic rings. The highest BCUT2D eigenvalue weighted by Gasteiger charge is 2.36. The van der Waals surface area contributed by atoms with Crippen LogP contribution in [0.3, 0.4) is 0 Å². The number of hydrogen-bond donors (Lipinski definition) is 1. The number of nitrogens with one attached hydrogen (secondary N) is 1. The lowest BCUT2D eigenvalue weighted by molar-refractivity contribution is -0.137. The van der Waals surface area contributed by atoms with Crippen LogP contribution in [0.15, 0.2) is 24.3 Å². The van der Waals surface area contributed by atoms with Crippen LogP contribution in [0.1, 0.15) is 12.5 Å². The number of alkyl halides is 3. The monoisotopic (exact) mass is 374 g/mol. The van der Waals surface area contributed by atoms with E-state index < -0.39 is 44.0 Å². The first-order valence-corrected chi connectivity index (χ1v) is 10.00. The molecule has 0 aliphatic carbocycles. The summed E-state index contributed by atoms with van der Waals surface area (Å²) >= 11 is 0. The van der Waals surface area contributed by atoms with Crippen molar-refractivity contribution < 1.29 is 30.0 Å². The van der Waals surface area contributed by atoms with Gasteiger partial charge in [-0.1, -0.05) is 12.1 Å². The van der Waals surface area contributed by atoms with E-state index in [4.69, 9.17) is 0 Å². The van der Waals surface area contributed by atoms with E-state index in [2.05, 4.69) is 4.72 Å². The Morgan fingerprint density at radius 3 is 2.17 bits per heavy atom. The third kappa shape index (κ3) is 5.66. The number of nitrogens with zero attached hydrogens (tertiary/aromatic N) is 1. The Bertz CT molecular complexity index is 746. The molecule has 0 spiro atoms. The molecule has 23 heavy (non-hydrogen) atoms. The molecule has 0 atom stereocenters. The topological polar surface area (TPSA) is 83.6 Å². The first-order chi connectivity index (χ1) is 10.4. The van der Waals surface area contributed by atoms with Crippen LogP contribution in [-0.4, -0.2) is 41.9 Å². The number of anilines is 1. The van der Waals surface area contributed by atoms with Gasteiger partial charge in [0, 0.05) is 13.1 Å². The van der Waals surface area contributed by atoms with Gasteiger partial charge in [0.15, 0.2) is 0 Å². The van der Waals surface area contributed by atoms with Crippen LogP contribution in [0, 0.1) is 0 Å². The van der Waals surface area contributed by atoms with Crippen LogP contribution in [-0.2, 0) is 26.2 Å². The molecule has 1 N–H and O–H groups in total. The van der Waals surface area contributed by atoms with E-state index in [1.807, 2.05) is 0 Å². The second-order valence-electron chi connectivity index (χ2n) is 4.65. The van der Waals surface area contributed by atoms with Crippen molar-refractivity contribution in [1.29, 1.82) is 0 Å². The van der Waals surface area contributed by atoms with Gasteiger partial charge in [0.2, 0.25) is 20.0 Å². The summed E-state index contributed by atoms with van der Waals surface area (Å²) in [4.78, 5) is 0. The highest BCUT2D eigenvalue weighted by molar-refractivity contribution is 7.92. The van der Waals surface area contributed by atoms with Crippen molar-refractivity contribution in [2.75, 3.05) is 29.4 Å². The molecule has 0 bridgehead atoms. The van der Waals surface area contributed by atoms with Gasteiger partial charge in [0.1, 0.15) is 0 Å². The fourth-order valence-corrected chi connectivity index (χ4v) is 3.35. The average Bonchev–Trinajstić information content (AvgIpc) is 2.41. The molecule has 11 heteroatoms. The van der Waals surface area contributed by atoms with Crippen molar-refractivity contribution in [1.82, 2.24) is 4.72 Å². The van der Waals surface area contributed by atoms with Crippen molar-refractivity contribution in [2.45, 2.75) is 13.1 Å². The quantitative estimate of drug-likeness (QED) is 0.782. The van der Waals surface area contributed by atoms with E-state index in [1.54, 1.807) is 0 Å². The molecule has 0 amide bonds. The number of rotatable bonds is 7. The molecule has 1 rings (SSSR count). The van der Waals surface area contributed by atoms with Crippen LogP contribution < -0.4 is 9.03 Å². The molecule has 1 aromatic carbocycles. The largest absolute Gasteiger partial charge is 0.418 e. The fourth-order valence-electron chi connectivity index (χ4n) is 1.80. The highest BCUT2D eigenvalue weighted by atomic mass is 32.2. The summed E-state index contributed by atoms with van der Waals surface area (Å²) < 4.78 is 88.1. The van der Waals surface area contributed by atoms with Gasteiger partial charge in [-0.05, 0) is 19.1 Å². The Morgan fingerprint density at radius 2 is 1.70 bits per heavy atom. The maximum Gasteiger partial charge on any atom is 0.418 e. The summed E-state index contributed by atoms with van der Waals surface area (Å²) in [6, 6.07) is 4.22. The summed E-state index contributed by atoms with van der Waals surface area (Å²) in [6.07, 6.45) is -3.98. The van der Waals surface area contributed by atoms with Gasteiger partial charge >= 0.3 is 6.18 Å². The zero-order valence-corrected chi connectivity index (χ0v) is 14.1. The first-order valence-electron chi connectivity index (χ1n) is 6.50. The minimum absolute atomic E-state index is 0.217. The number of para-hydroxylation sites is 1. The second-order valence-corrected chi connectivity index (χ2v) is 8.65. The third-order valence-electron chi connectivity index (χ3n) is 2.90. The third-order valence-corrected chi connectivity index (χ3v) is 5.48. The maximum absolute atomic E-state index is 13.0. The average molecular weight is 374 g/mol. The predicted octanol–water partition coefficient (Wildman–Crippen LogP) is 1.41. The number of benzene rings is 1. The molecule has 0 aliphatic heterocycles. The van der Waals surface area contributed by atoms with Crippen LogP contribution in [0.2, 0.25) is 0 Å². The highest BCUT2D eigenvalue weighted by Crippen LogP contribution is 2.37. The predicted molar refractivity (Wildman–Crippen MR) is 81.1 cm³/mol. The number of sulfonamides is 2. The van der Waals surface area contributed by atoms with E-state index in [0.717, 1.165) is 24.5 Å². The van der Waals surface area contributed by atoms with Gasteiger partial charge in [-0.3, -0.25) is 4.31 Å². The lowest BCUT2D eigenvalue weighted by Crippen LogP contribution is -2.39. The lowest BCUT2D eigenvalue weighted by atomic mass is 10.1. The molecule has 0 radical (unpaired) electrons. The van der Waals surface area contributed by atoms with Crippen molar-refractivity contribution in [3.63, 3.8) is 0 Å². The van der Waals surface area contributed by atoms with Gasteiger partial charge in [0.05, 0.1) is 23.3 Å². The SMILES string of the molecule is CCS(=O)(=O)NCCN(c1ccccc1C(F)(F)F)S(C)(=O)=O. The van der Waals surface area contributed by atoms with E-state index in [-0.39, 0.29) is 12.3 Å². The minimum Gasteiger partial charge on any atom is -0.269 e. The van der Waals surface area contributed by atoms with Crippen LogP contribution >= 0.6 is 0 Å². The Hall–Kier alpha value is -1.33. The van der Waals surface area contributed by atoms with Gasteiger partial charge in [-0.15, -0.1) is 0 Å². The van der Waals surface area contributed by atoms with E-state index in [9.17, 15) is 30.0 Å². The Labute approximate surface area is 133 Å². The molecular formula is C12H17F3N2O4S2. The fraction of sp³-hybridized carbons (Fsp3) is 0.500. The molecule has 0 unspecified atom stereocenters. The normalized spacial score (nSPS) is 13.1. The summed E-state index contributed by atoms with van der Waals surface area (Å²) in [5.74, 6) is -0.217. The molecule has 0 saturated carbocycles. The minimum atomic E-state index is -4.73. The maximum atomic E-state index is 13.0. The Morgan fingerprint density at radius 1 is 1.13 bits per heavy atom. The zero-order chi connectivity index (χ0) is 17.9. The summed E-state index contributed by atoms with van der Waals surface area (Å²) in [5.41, 5.74) is -1.65. The van der Waals surface area contributed by atoms with Gasteiger partial charge < -0.3 is 0 Å². The molecule has 0 fully saturated rings. The summed E-state index contributed by atoms with van der Waals surface area (Å²) in [6.45, 7) is 0.593. The summed E-state index contributed by atoms with van der Waals surface area (Å²) in [5, 5.41) is 0. The second kappa shape index (κ2) is 7.05. The van der Waals surface area contributed by atoms with Crippen molar-refractivity contribution in [2.24, 2.45) is 0 Å². The van der Waals surface area contributed by atoms with Crippen LogP contribution in [0.4, 0.5) is 18.9 Å². The molecule has 1 aromatic rings. The Kier molecular flexibility index (Phi) is 6.05. The molecule has 0 aromatic heterocycles. The number of hydrogen-bond acceptors (Lipinski definition) is 4. The van der Waals surface area contributed by atoms with Crippen LogP contribution in [0.25, 0.3) is 0 Å². The van der Waals surface area contributed by atoms with Gasteiger partial charge in [-0.2, -0.15) is 13.2 Å². The van der Waals surface area contributed by atoms with E-state index >= 15 is 0 Å². The Balaban J connectivity index is 3.16. The lowest BCUT2D eigenvalue weighted by Gasteiger charge is -2.25. The van der Waals surface area contributed by atoms with Crippen molar-refractivity contribution in [3.8, 4) is 0 Å². The number of halogens is 3. The van der Waals surface area contributed by atoms with E-state index in [1.165, 1.54) is 13.0 Å². The van der Waals surface area contributed by atoms with E-state index in [0.29, 0.717) is 4.31 Å². The molecule has 0 saturated heterocycles. The molecular weight excluding hydrogens is 357 g/mol. The standard InChI is InChI=1S/C12H17F3N2O4S2/c1-3-23(20,21)16-8-9-17(22(2,18)19)11-7-5-4-6-10(11)12(13,14)15/h4-7,16H,3,8-9H2,1-2H3.